The minimum absolute atomic E-state index is 0.0612. The van der Waals surface area contributed by atoms with E-state index in [2.05, 4.69) is 20.3 Å². The van der Waals surface area contributed by atoms with E-state index in [0.717, 1.165) is 18.4 Å². The van der Waals surface area contributed by atoms with Crippen LogP contribution in [0.3, 0.4) is 0 Å². The van der Waals surface area contributed by atoms with Gasteiger partial charge in [0.15, 0.2) is 0 Å². The van der Waals surface area contributed by atoms with Gasteiger partial charge in [-0.2, -0.15) is 8.78 Å². The van der Waals surface area contributed by atoms with E-state index in [0.29, 0.717) is 17.7 Å². The van der Waals surface area contributed by atoms with Gasteiger partial charge in [0.2, 0.25) is 11.1 Å². The first-order valence-electron chi connectivity index (χ1n) is 8.71. The fourth-order valence-electron chi connectivity index (χ4n) is 3.03. The normalized spacial score (nSPS) is 14.7. The predicted octanol–water partition coefficient (Wildman–Crippen LogP) is 3.14. The van der Waals surface area contributed by atoms with E-state index in [1.807, 2.05) is 4.68 Å². The summed E-state index contributed by atoms with van der Waals surface area (Å²) in [7, 11) is 1.70. The molecule has 0 unspecified atom stereocenters. The molecule has 2 aromatic rings. The molecule has 1 aromatic carbocycles. The summed E-state index contributed by atoms with van der Waals surface area (Å²) in [5.41, 5.74) is 0.827. The molecule has 1 saturated carbocycles. The fraction of sp³-hybridized carbons (Fsp3) is 0.529. The van der Waals surface area contributed by atoms with Crippen molar-refractivity contribution in [2.45, 2.75) is 50.0 Å². The van der Waals surface area contributed by atoms with Crippen LogP contribution in [0.25, 0.3) is 0 Å². The quantitative estimate of drug-likeness (QED) is 0.637. The number of tetrazole rings is 1. The van der Waals surface area contributed by atoms with Crippen LogP contribution in [0.4, 0.5) is 8.78 Å². The Morgan fingerprint density at radius 3 is 2.70 bits per heavy atom. The maximum Gasteiger partial charge on any atom is 0.387 e. The molecule has 0 atom stereocenters. The molecule has 0 spiro atoms. The highest BCUT2D eigenvalue weighted by atomic mass is 32.2. The molecule has 1 fully saturated rings. The number of ether oxygens (including phenoxy) is 1. The Kier molecular flexibility index (Phi) is 6.59. The van der Waals surface area contributed by atoms with Crippen molar-refractivity contribution in [3.05, 3.63) is 29.8 Å². The number of alkyl halides is 2. The van der Waals surface area contributed by atoms with Gasteiger partial charge >= 0.3 is 6.61 Å². The summed E-state index contributed by atoms with van der Waals surface area (Å²) in [5.74, 6) is 0.266. The monoisotopic (exact) mass is 397 g/mol. The minimum atomic E-state index is -2.85. The standard InChI is InChI=1S/C17H21F2N5O2S/c1-23(10-12-6-8-14(9-7-12)26-16(18)19)15(25)11-27-17-20-21-22-24(17)13-4-2-3-5-13/h6-9,13,16H,2-5,10-11H2,1H3. The Balaban J connectivity index is 1.50. The zero-order valence-corrected chi connectivity index (χ0v) is 15.7. The Morgan fingerprint density at radius 2 is 2.04 bits per heavy atom. The van der Waals surface area contributed by atoms with Crippen molar-refractivity contribution in [1.29, 1.82) is 0 Å². The van der Waals surface area contributed by atoms with Crippen molar-refractivity contribution >= 4 is 17.7 Å². The molecule has 10 heteroatoms. The first-order valence-corrected chi connectivity index (χ1v) is 9.70. The molecule has 0 aliphatic heterocycles. The van der Waals surface area contributed by atoms with Gasteiger partial charge in [-0.25, -0.2) is 4.68 Å². The van der Waals surface area contributed by atoms with Crippen LogP contribution in [0.5, 0.6) is 5.75 Å². The number of thioether (sulfide) groups is 1. The summed E-state index contributed by atoms with van der Waals surface area (Å²) in [6.45, 7) is -2.47. The van der Waals surface area contributed by atoms with Crippen LogP contribution in [0.2, 0.25) is 0 Å². The van der Waals surface area contributed by atoms with E-state index in [1.54, 1.807) is 24.1 Å². The third-order valence-electron chi connectivity index (χ3n) is 4.45. The van der Waals surface area contributed by atoms with Gasteiger partial charge in [-0.15, -0.1) is 5.10 Å². The lowest BCUT2D eigenvalue weighted by Crippen LogP contribution is -2.28. The second-order valence-corrected chi connectivity index (χ2v) is 7.35. The number of rotatable bonds is 8. The van der Waals surface area contributed by atoms with Crippen LogP contribution >= 0.6 is 11.8 Å². The lowest BCUT2D eigenvalue weighted by atomic mass is 10.2. The summed E-state index contributed by atoms with van der Waals surface area (Å²) in [6, 6.07) is 6.57. The van der Waals surface area contributed by atoms with E-state index in [4.69, 9.17) is 0 Å². The number of carbonyl (C=O) groups excluding carboxylic acids is 1. The number of amides is 1. The van der Waals surface area contributed by atoms with Crippen molar-refractivity contribution in [3.8, 4) is 5.75 Å². The van der Waals surface area contributed by atoms with Gasteiger partial charge < -0.3 is 9.64 Å². The summed E-state index contributed by atoms with van der Waals surface area (Å²) in [5, 5.41) is 12.5. The average molecular weight is 397 g/mol. The highest BCUT2D eigenvalue weighted by molar-refractivity contribution is 7.99. The van der Waals surface area contributed by atoms with Gasteiger partial charge in [-0.3, -0.25) is 4.79 Å². The molecule has 1 aliphatic rings. The van der Waals surface area contributed by atoms with Crippen molar-refractivity contribution in [3.63, 3.8) is 0 Å². The van der Waals surface area contributed by atoms with Gasteiger partial charge in [-0.05, 0) is 41.0 Å². The van der Waals surface area contributed by atoms with Crippen LogP contribution < -0.4 is 4.74 Å². The summed E-state index contributed by atoms with van der Waals surface area (Å²) >= 11 is 1.33. The lowest BCUT2D eigenvalue weighted by molar-refractivity contribution is -0.127. The molecule has 7 nitrogen and oxygen atoms in total. The molecule has 1 amide bonds. The molecule has 3 rings (SSSR count). The number of hydrogen-bond donors (Lipinski definition) is 0. The first-order chi connectivity index (χ1) is 13.0. The Morgan fingerprint density at radius 1 is 1.33 bits per heavy atom. The molecule has 27 heavy (non-hydrogen) atoms. The Labute approximate surface area is 160 Å². The van der Waals surface area contributed by atoms with Crippen LogP contribution in [0.15, 0.2) is 29.4 Å². The molecule has 1 aliphatic carbocycles. The fourth-order valence-corrected chi connectivity index (χ4v) is 3.92. The van der Waals surface area contributed by atoms with E-state index in [9.17, 15) is 13.6 Å². The van der Waals surface area contributed by atoms with Gasteiger partial charge in [0.05, 0.1) is 11.8 Å². The van der Waals surface area contributed by atoms with E-state index in [-0.39, 0.29) is 17.4 Å². The van der Waals surface area contributed by atoms with Crippen LogP contribution in [0.1, 0.15) is 37.3 Å². The highest BCUT2D eigenvalue weighted by Crippen LogP contribution is 2.31. The zero-order valence-electron chi connectivity index (χ0n) is 14.9. The van der Waals surface area contributed by atoms with E-state index < -0.39 is 6.61 Å². The maximum atomic E-state index is 12.4. The average Bonchev–Trinajstić information content (AvgIpc) is 3.32. The molecular weight excluding hydrogens is 376 g/mol. The van der Waals surface area contributed by atoms with Crippen molar-refractivity contribution < 1.29 is 18.3 Å². The molecule has 0 radical (unpaired) electrons. The number of aromatic nitrogens is 4. The molecule has 1 heterocycles. The first kappa shape index (κ1) is 19.5. The van der Waals surface area contributed by atoms with Crippen molar-refractivity contribution in [1.82, 2.24) is 25.1 Å². The topological polar surface area (TPSA) is 73.1 Å². The summed E-state index contributed by atoms with van der Waals surface area (Å²) < 4.78 is 30.5. The van der Waals surface area contributed by atoms with Crippen molar-refractivity contribution in [2.24, 2.45) is 0 Å². The second kappa shape index (κ2) is 9.12. The van der Waals surface area contributed by atoms with E-state index >= 15 is 0 Å². The maximum absolute atomic E-state index is 12.4. The Bertz CT molecular complexity index is 750. The molecule has 0 saturated heterocycles. The zero-order chi connectivity index (χ0) is 19.2. The number of nitrogens with zero attached hydrogens (tertiary/aromatic N) is 5. The molecular formula is C17H21F2N5O2S. The summed E-state index contributed by atoms with van der Waals surface area (Å²) in [6.07, 6.45) is 4.49. The smallest absolute Gasteiger partial charge is 0.387 e. The molecule has 0 N–H and O–H groups in total. The lowest BCUT2D eigenvalue weighted by Gasteiger charge is -2.17. The van der Waals surface area contributed by atoms with Crippen LogP contribution in [-0.4, -0.2) is 50.4 Å². The van der Waals surface area contributed by atoms with Gasteiger partial charge in [0, 0.05) is 13.6 Å². The third kappa shape index (κ3) is 5.38. The van der Waals surface area contributed by atoms with Gasteiger partial charge in [0.1, 0.15) is 5.75 Å². The number of halogens is 2. The second-order valence-electron chi connectivity index (χ2n) is 6.41. The molecule has 0 bridgehead atoms. The van der Waals surface area contributed by atoms with Crippen LogP contribution in [0, 0.1) is 0 Å². The number of benzene rings is 1. The largest absolute Gasteiger partial charge is 0.435 e. The number of hydrogen-bond acceptors (Lipinski definition) is 6. The van der Waals surface area contributed by atoms with E-state index in [1.165, 1.54) is 36.7 Å². The predicted molar refractivity (Wildman–Crippen MR) is 95.6 cm³/mol. The van der Waals surface area contributed by atoms with Crippen LogP contribution in [-0.2, 0) is 11.3 Å². The molecule has 146 valence electrons. The summed E-state index contributed by atoms with van der Waals surface area (Å²) in [4.78, 5) is 14.0. The van der Waals surface area contributed by atoms with Crippen molar-refractivity contribution in [2.75, 3.05) is 12.8 Å². The van der Waals surface area contributed by atoms with Gasteiger partial charge in [-0.1, -0.05) is 36.7 Å². The minimum Gasteiger partial charge on any atom is -0.435 e. The number of carbonyl (C=O) groups is 1. The third-order valence-corrected chi connectivity index (χ3v) is 5.37. The highest BCUT2D eigenvalue weighted by Gasteiger charge is 2.22. The molecule has 1 aromatic heterocycles. The SMILES string of the molecule is CN(Cc1ccc(OC(F)F)cc1)C(=O)CSc1nnnn1C1CCCC1. The Hall–Kier alpha value is -2.23. The van der Waals surface area contributed by atoms with Gasteiger partial charge in [0.25, 0.3) is 0 Å².